The Morgan fingerprint density at radius 1 is 0.926 bits per heavy atom. The van der Waals surface area contributed by atoms with Gasteiger partial charge in [0.15, 0.2) is 0 Å². The highest BCUT2D eigenvalue weighted by molar-refractivity contribution is 5.92. The first-order valence-electron chi connectivity index (χ1n) is 8.73. The van der Waals surface area contributed by atoms with Crippen molar-refractivity contribution in [2.45, 2.75) is 12.8 Å². The average molecular weight is 359 g/mol. The highest BCUT2D eigenvalue weighted by atomic mass is 19.1. The maximum atomic E-state index is 13.1. The van der Waals surface area contributed by atoms with Crippen LogP contribution in [-0.2, 0) is 17.6 Å². The Morgan fingerprint density at radius 2 is 1.67 bits per heavy atom. The first-order valence-corrected chi connectivity index (χ1v) is 8.73. The van der Waals surface area contributed by atoms with E-state index >= 15 is 0 Å². The second kappa shape index (κ2) is 7.41. The number of hydrogen-bond acceptors (Lipinski definition) is 2. The molecule has 0 unspecified atom stereocenters. The summed E-state index contributed by atoms with van der Waals surface area (Å²) in [5.74, 6) is 0.189. The van der Waals surface area contributed by atoms with Crippen LogP contribution in [0.25, 0.3) is 5.65 Å². The van der Waals surface area contributed by atoms with Crippen molar-refractivity contribution in [1.29, 1.82) is 0 Å². The van der Waals surface area contributed by atoms with Crippen LogP contribution in [0.4, 0.5) is 10.2 Å². The van der Waals surface area contributed by atoms with Crippen LogP contribution >= 0.6 is 0 Å². The third-order valence-electron chi connectivity index (χ3n) is 4.35. The van der Waals surface area contributed by atoms with Crippen molar-refractivity contribution in [3.8, 4) is 0 Å². The van der Waals surface area contributed by atoms with Crippen molar-refractivity contribution in [3.05, 3.63) is 102 Å². The maximum absolute atomic E-state index is 13.1. The van der Waals surface area contributed by atoms with E-state index in [1.54, 1.807) is 12.1 Å². The highest BCUT2D eigenvalue weighted by Crippen LogP contribution is 2.21. The Labute approximate surface area is 156 Å². The molecule has 4 rings (SSSR count). The maximum Gasteiger partial charge on any atom is 0.229 e. The molecule has 0 aliphatic heterocycles. The fraction of sp³-hybridized carbons (Fsp3) is 0.0909. The van der Waals surface area contributed by atoms with Gasteiger partial charge in [-0.05, 0) is 35.4 Å². The molecule has 0 spiro atoms. The number of carbonyl (C=O) groups is 1. The number of nitrogens with one attached hydrogen (secondary N) is 1. The summed E-state index contributed by atoms with van der Waals surface area (Å²) in [5.41, 5.74) is 3.46. The minimum atomic E-state index is -0.314. The normalized spacial score (nSPS) is 10.9. The van der Waals surface area contributed by atoms with Crippen molar-refractivity contribution in [1.82, 2.24) is 9.38 Å². The van der Waals surface area contributed by atoms with Crippen LogP contribution in [0, 0.1) is 5.82 Å². The number of halogens is 1. The Morgan fingerprint density at radius 3 is 2.44 bits per heavy atom. The number of aromatic nitrogens is 2. The third kappa shape index (κ3) is 3.87. The third-order valence-corrected chi connectivity index (χ3v) is 4.35. The topological polar surface area (TPSA) is 46.4 Å². The summed E-state index contributed by atoms with van der Waals surface area (Å²) in [7, 11) is 0. The molecule has 2 heterocycles. The zero-order valence-electron chi connectivity index (χ0n) is 14.6. The van der Waals surface area contributed by atoms with Crippen molar-refractivity contribution in [2.24, 2.45) is 0 Å². The number of nitrogens with zero attached hydrogens (tertiary/aromatic N) is 2. The van der Waals surface area contributed by atoms with Gasteiger partial charge in [0.05, 0.1) is 12.1 Å². The number of amides is 1. The lowest BCUT2D eigenvalue weighted by atomic mass is 10.1. The minimum absolute atomic E-state index is 0.165. The van der Waals surface area contributed by atoms with E-state index in [2.05, 4.69) is 10.3 Å². The van der Waals surface area contributed by atoms with Crippen LogP contribution in [0.1, 0.15) is 16.8 Å². The molecule has 134 valence electrons. The standard InChI is InChI=1S/C22H18FN3O/c23-18-11-9-17(10-12-18)15-21(27)25-22-19(14-16-6-2-1-3-7-16)24-20-8-4-5-13-26(20)22/h1-13H,14-15H2,(H,25,27). The molecule has 4 aromatic rings. The van der Waals surface area contributed by atoms with Gasteiger partial charge in [0.25, 0.3) is 0 Å². The van der Waals surface area contributed by atoms with Gasteiger partial charge in [-0.2, -0.15) is 0 Å². The number of pyridine rings is 1. The van der Waals surface area contributed by atoms with Gasteiger partial charge in [0.2, 0.25) is 5.91 Å². The summed E-state index contributed by atoms with van der Waals surface area (Å²) >= 11 is 0. The number of carbonyl (C=O) groups excluding carboxylic acids is 1. The van der Waals surface area contributed by atoms with Gasteiger partial charge >= 0.3 is 0 Å². The molecule has 1 amide bonds. The van der Waals surface area contributed by atoms with Crippen molar-refractivity contribution in [3.63, 3.8) is 0 Å². The fourth-order valence-corrected chi connectivity index (χ4v) is 3.05. The first kappa shape index (κ1) is 17.0. The molecule has 0 bridgehead atoms. The monoisotopic (exact) mass is 359 g/mol. The summed E-state index contributed by atoms with van der Waals surface area (Å²) in [6.07, 6.45) is 2.67. The van der Waals surface area contributed by atoms with E-state index in [-0.39, 0.29) is 18.1 Å². The van der Waals surface area contributed by atoms with Gasteiger partial charge in [0.1, 0.15) is 17.3 Å². The number of hydrogen-bond donors (Lipinski definition) is 1. The lowest BCUT2D eigenvalue weighted by Crippen LogP contribution is -2.17. The van der Waals surface area contributed by atoms with Gasteiger partial charge in [0, 0.05) is 12.6 Å². The van der Waals surface area contributed by atoms with Crippen LogP contribution < -0.4 is 5.32 Å². The van der Waals surface area contributed by atoms with E-state index in [9.17, 15) is 9.18 Å². The minimum Gasteiger partial charge on any atom is -0.310 e. The SMILES string of the molecule is O=C(Cc1ccc(F)cc1)Nc1c(Cc2ccccc2)nc2ccccn12. The summed E-state index contributed by atoms with van der Waals surface area (Å²) in [5, 5.41) is 2.98. The summed E-state index contributed by atoms with van der Waals surface area (Å²) < 4.78 is 14.9. The van der Waals surface area contributed by atoms with E-state index < -0.39 is 0 Å². The second-order valence-electron chi connectivity index (χ2n) is 6.35. The molecule has 0 atom stereocenters. The van der Waals surface area contributed by atoms with Crippen molar-refractivity contribution < 1.29 is 9.18 Å². The molecule has 0 saturated carbocycles. The molecule has 2 aromatic carbocycles. The average Bonchev–Trinajstić information content (AvgIpc) is 3.01. The zero-order valence-corrected chi connectivity index (χ0v) is 14.6. The number of benzene rings is 2. The van der Waals surface area contributed by atoms with Gasteiger partial charge in [-0.3, -0.25) is 9.20 Å². The van der Waals surface area contributed by atoms with E-state index in [4.69, 9.17) is 0 Å². The van der Waals surface area contributed by atoms with E-state index in [0.29, 0.717) is 12.2 Å². The largest absolute Gasteiger partial charge is 0.310 e. The summed E-state index contributed by atoms with van der Waals surface area (Å²) in [6, 6.07) is 21.7. The Bertz CT molecular complexity index is 1070. The molecule has 4 nitrogen and oxygen atoms in total. The van der Waals surface area contributed by atoms with Gasteiger partial charge in [-0.25, -0.2) is 9.37 Å². The molecular formula is C22H18FN3O. The molecule has 27 heavy (non-hydrogen) atoms. The van der Waals surface area contributed by atoms with Crippen LogP contribution in [0.5, 0.6) is 0 Å². The molecule has 5 heteroatoms. The molecule has 0 fully saturated rings. The molecule has 2 aromatic heterocycles. The predicted molar refractivity (Wildman–Crippen MR) is 103 cm³/mol. The number of imidazole rings is 1. The molecular weight excluding hydrogens is 341 g/mol. The number of anilines is 1. The first-order chi connectivity index (χ1) is 13.2. The van der Waals surface area contributed by atoms with Crippen LogP contribution in [0.3, 0.4) is 0 Å². The zero-order chi connectivity index (χ0) is 18.6. The van der Waals surface area contributed by atoms with Gasteiger partial charge < -0.3 is 5.32 Å². The molecule has 0 saturated heterocycles. The van der Waals surface area contributed by atoms with Crippen molar-refractivity contribution >= 4 is 17.4 Å². The van der Waals surface area contributed by atoms with Gasteiger partial charge in [-0.1, -0.05) is 48.5 Å². The molecule has 0 aliphatic rings. The Kier molecular flexibility index (Phi) is 4.66. The van der Waals surface area contributed by atoms with E-state index in [1.807, 2.05) is 59.1 Å². The molecule has 0 aliphatic carbocycles. The summed E-state index contributed by atoms with van der Waals surface area (Å²) in [4.78, 5) is 17.2. The fourth-order valence-electron chi connectivity index (χ4n) is 3.05. The Hall–Kier alpha value is -3.47. The van der Waals surface area contributed by atoms with Crippen LogP contribution in [0.2, 0.25) is 0 Å². The van der Waals surface area contributed by atoms with Crippen LogP contribution in [-0.4, -0.2) is 15.3 Å². The quantitative estimate of drug-likeness (QED) is 0.579. The molecule has 0 radical (unpaired) electrons. The Balaban J connectivity index is 1.62. The molecule has 1 N–H and O–H groups in total. The lowest BCUT2D eigenvalue weighted by Gasteiger charge is -2.08. The number of rotatable bonds is 5. The second-order valence-corrected chi connectivity index (χ2v) is 6.35. The lowest BCUT2D eigenvalue weighted by molar-refractivity contribution is -0.115. The number of fused-ring (bicyclic) bond motifs is 1. The predicted octanol–water partition coefficient (Wildman–Crippen LogP) is 4.25. The van der Waals surface area contributed by atoms with E-state index in [1.165, 1.54) is 12.1 Å². The van der Waals surface area contributed by atoms with E-state index in [0.717, 1.165) is 22.5 Å². The summed E-state index contributed by atoms with van der Waals surface area (Å²) in [6.45, 7) is 0. The smallest absolute Gasteiger partial charge is 0.229 e. The van der Waals surface area contributed by atoms with Gasteiger partial charge in [-0.15, -0.1) is 0 Å². The highest BCUT2D eigenvalue weighted by Gasteiger charge is 2.15. The van der Waals surface area contributed by atoms with Crippen molar-refractivity contribution in [2.75, 3.05) is 5.32 Å². The van der Waals surface area contributed by atoms with Crippen LogP contribution in [0.15, 0.2) is 79.0 Å².